The summed E-state index contributed by atoms with van der Waals surface area (Å²) in [6.45, 7) is 10.9. The Labute approximate surface area is 101 Å². The van der Waals surface area contributed by atoms with Gasteiger partial charge in [-0.3, -0.25) is 9.20 Å². The molecule has 0 spiro atoms. The Kier molecular flexibility index (Phi) is 7.05. The largest absolute Gasteiger partial charge is 0.355 e. The minimum atomic E-state index is -0.827. The highest BCUT2D eigenvalue weighted by molar-refractivity contribution is 7.86. The van der Waals surface area contributed by atoms with Gasteiger partial charge in [0.05, 0.1) is 0 Å². The van der Waals surface area contributed by atoms with Crippen molar-refractivity contribution in [2.45, 2.75) is 25.5 Å². The summed E-state index contributed by atoms with van der Waals surface area (Å²) < 4.78 is 11.6. The molecule has 5 heteroatoms. The zero-order valence-corrected chi connectivity index (χ0v) is 11.5. The van der Waals surface area contributed by atoms with Gasteiger partial charge in [-0.2, -0.15) is 0 Å². The topological polar surface area (TPSA) is 53.5 Å². The fourth-order valence-electron chi connectivity index (χ4n) is 0.958. The lowest BCUT2D eigenvalue weighted by Gasteiger charge is -2.18. The van der Waals surface area contributed by atoms with E-state index in [2.05, 4.69) is 22.2 Å². The monoisotopic (exact) mass is 245 g/mol. The van der Waals surface area contributed by atoms with Crippen LogP contribution in [0.5, 0.6) is 0 Å². The lowest BCUT2D eigenvalue weighted by Crippen LogP contribution is -2.40. The fraction of sp³-hybridized carbons (Fsp3) is 0.727. The predicted molar refractivity (Wildman–Crippen MR) is 72.3 cm³/mol. The molecule has 0 fully saturated rings. The number of rotatable bonds is 5. The van der Waals surface area contributed by atoms with Gasteiger partial charge in [0.1, 0.15) is 0 Å². The standard InChI is InChI=1S/C11H23N3OS/c1-6-7-13-10(12-5)14-8-9-16(15)11(2,3)4/h6H,1,7-9H2,2-5H3,(H2,12,13,14). The summed E-state index contributed by atoms with van der Waals surface area (Å²) >= 11 is 0. The first-order valence-electron chi connectivity index (χ1n) is 5.35. The first-order chi connectivity index (χ1) is 7.41. The highest BCUT2D eigenvalue weighted by atomic mass is 32.2. The van der Waals surface area contributed by atoms with E-state index in [1.165, 1.54) is 0 Å². The second kappa shape index (κ2) is 7.44. The molecule has 1 atom stereocenters. The Morgan fingerprint density at radius 1 is 1.44 bits per heavy atom. The highest BCUT2D eigenvalue weighted by Gasteiger charge is 2.18. The summed E-state index contributed by atoms with van der Waals surface area (Å²) in [5, 5.41) is 6.16. The van der Waals surface area contributed by atoms with Crippen LogP contribution in [0.4, 0.5) is 0 Å². The number of hydrogen-bond donors (Lipinski definition) is 2. The van der Waals surface area contributed by atoms with E-state index in [0.717, 1.165) is 0 Å². The second-order valence-corrected chi connectivity index (χ2v) is 6.65. The maximum absolute atomic E-state index is 11.7. The van der Waals surface area contributed by atoms with Crippen LogP contribution in [-0.4, -0.2) is 40.8 Å². The first kappa shape index (κ1) is 15.2. The zero-order valence-electron chi connectivity index (χ0n) is 10.7. The number of nitrogens with one attached hydrogen (secondary N) is 2. The molecule has 4 nitrogen and oxygen atoms in total. The second-order valence-electron chi connectivity index (χ2n) is 4.33. The number of nitrogens with zero attached hydrogens (tertiary/aromatic N) is 1. The van der Waals surface area contributed by atoms with Crippen LogP contribution in [0.15, 0.2) is 17.6 Å². The van der Waals surface area contributed by atoms with Crippen LogP contribution in [0.3, 0.4) is 0 Å². The maximum atomic E-state index is 11.7. The summed E-state index contributed by atoms with van der Waals surface area (Å²) in [6.07, 6.45) is 1.76. The summed E-state index contributed by atoms with van der Waals surface area (Å²) in [6, 6.07) is 0. The van der Waals surface area contributed by atoms with Crippen molar-refractivity contribution in [3.8, 4) is 0 Å². The molecule has 0 rings (SSSR count). The summed E-state index contributed by atoms with van der Waals surface area (Å²) in [5.74, 6) is 1.34. The quantitative estimate of drug-likeness (QED) is 0.429. The van der Waals surface area contributed by atoms with E-state index in [9.17, 15) is 4.21 Å². The third-order valence-corrected chi connectivity index (χ3v) is 3.84. The maximum Gasteiger partial charge on any atom is 0.191 e. The molecule has 0 aromatic heterocycles. The van der Waals surface area contributed by atoms with Crippen molar-refractivity contribution in [2.24, 2.45) is 4.99 Å². The smallest absolute Gasteiger partial charge is 0.191 e. The number of aliphatic imine (C=N–C) groups is 1. The van der Waals surface area contributed by atoms with Crippen LogP contribution < -0.4 is 10.6 Å². The van der Waals surface area contributed by atoms with Crippen molar-refractivity contribution in [1.82, 2.24) is 10.6 Å². The van der Waals surface area contributed by atoms with Crippen LogP contribution in [0, 0.1) is 0 Å². The normalized spacial score (nSPS) is 14.4. The Hall–Kier alpha value is -0.840. The molecule has 0 heterocycles. The van der Waals surface area contributed by atoms with Crippen molar-refractivity contribution in [1.29, 1.82) is 0 Å². The van der Waals surface area contributed by atoms with E-state index in [1.54, 1.807) is 13.1 Å². The van der Waals surface area contributed by atoms with Crippen molar-refractivity contribution in [2.75, 3.05) is 25.9 Å². The fourth-order valence-corrected chi connectivity index (χ4v) is 1.86. The lowest BCUT2D eigenvalue weighted by molar-refractivity contribution is 0.647. The van der Waals surface area contributed by atoms with E-state index < -0.39 is 10.8 Å². The SMILES string of the molecule is C=CCNC(=NC)NCCS(=O)C(C)(C)C. The first-order valence-corrected chi connectivity index (χ1v) is 6.67. The molecule has 0 aliphatic carbocycles. The molecular weight excluding hydrogens is 222 g/mol. The van der Waals surface area contributed by atoms with Gasteiger partial charge in [0.25, 0.3) is 0 Å². The summed E-state index contributed by atoms with van der Waals surface area (Å²) in [4.78, 5) is 4.03. The molecule has 0 aliphatic heterocycles. The third kappa shape index (κ3) is 6.61. The highest BCUT2D eigenvalue weighted by Crippen LogP contribution is 2.10. The van der Waals surface area contributed by atoms with Crippen molar-refractivity contribution >= 4 is 16.8 Å². The van der Waals surface area contributed by atoms with E-state index in [1.807, 2.05) is 20.8 Å². The van der Waals surface area contributed by atoms with Gasteiger partial charge in [-0.25, -0.2) is 0 Å². The van der Waals surface area contributed by atoms with Crippen molar-refractivity contribution in [3.05, 3.63) is 12.7 Å². The molecule has 0 amide bonds. The van der Waals surface area contributed by atoms with E-state index in [4.69, 9.17) is 0 Å². The van der Waals surface area contributed by atoms with Crippen LogP contribution >= 0.6 is 0 Å². The third-order valence-electron chi connectivity index (χ3n) is 1.90. The van der Waals surface area contributed by atoms with Crippen LogP contribution in [-0.2, 0) is 10.8 Å². The van der Waals surface area contributed by atoms with E-state index in [-0.39, 0.29) is 4.75 Å². The average molecular weight is 245 g/mol. The molecule has 0 bridgehead atoms. The van der Waals surface area contributed by atoms with Gasteiger partial charge < -0.3 is 10.6 Å². The Bertz CT molecular complexity index is 269. The lowest BCUT2D eigenvalue weighted by atomic mass is 10.3. The van der Waals surface area contributed by atoms with Gasteiger partial charge in [0.15, 0.2) is 5.96 Å². The van der Waals surface area contributed by atoms with Crippen molar-refractivity contribution in [3.63, 3.8) is 0 Å². The molecule has 16 heavy (non-hydrogen) atoms. The van der Waals surface area contributed by atoms with Crippen LogP contribution in [0.1, 0.15) is 20.8 Å². The van der Waals surface area contributed by atoms with Crippen LogP contribution in [0.25, 0.3) is 0 Å². The molecule has 0 aromatic rings. The molecular formula is C11H23N3OS. The van der Waals surface area contributed by atoms with Gasteiger partial charge in [-0.15, -0.1) is 6.58 Å². The van der Waals surface area contributed by atoms with E-state index >= 15 is 0 Å². The molecule has 2 N–H and O–H groups in total. The number of hydrogen-bond acceptors (Lipinski definition) is 2. The van der Waals surface area contributed by atoms with Crippen molar-refractivity contribution < 1.29 is 4.21 Å². The molecule has 0 saturated heterocycles. The predicted octanol–water partition coefficient (Wildman–Crippen LogP) is 0.885. The number of guanidine groups is 1. The minimum absolute atomic E-state index is 0.153. The van der Waals surface area contributed by atoms with Gasteiger partial charge in [-0.05, 0) is 20.8 Å². The van der Waals surface area contributed by atoms with Gasteiger partial charge in [0.2, 0.25) is 0 Å². The Morgan fingerprint density at radius 3 is 2.50 bits per heavy atom. The Morgan fingerprint density at radius 2 is 2.06 bits per heavy atom. The summed E-state index contributed by atoms with van der Waals surface area (Å²) in [5.41, 5.74) is 0. The zero-order chi connectivity index (χ0) is 12.6. The molecule has 0 aliphatic rings. The minimum Gasteiger partial charge on any atom is -0.355 e. The van der Waals surface area contributed by atoms with Gasteiger partial charge in [-0.1, -0.05) is 6.08 Å². The van der Waals surface area contributed by atoms with E-state index in [0.29, 0.717) is 24.8 Å². The Balaban J connectivity index is 3.88. The van der Waals surface area contributed by atoms with Crippen LogP contribution in [0.2, 0.25) is 0 Å². The molecule has 0 saturated carbocycles. The molecule has 0 aromatic carbocycles. The summed E-state index contributed by atoms with van der Waals surface area (Å²) in [7, 11) is 0.881. The molecule has 1 unspecified atom stereocenters. The van der Waals surface area contributed by atoms with Gasteiger partial charge in [0, 0.05) is 41.4 Å². The van der Waals surface area contributed by atoms with Gasteiger partial charge >= 0.3 is 0 Å². The average Bonchev–Trinajstić information content (AvgIpc) is 2.21. The molecule has 94 valence electrons. The molecule has 0 radical (unpaired) electrons.